The van der Waals surface area contributed by atoms with Crippen molar-refractivity contribution in [3.63, 3.8) is 0 Å². The summed E-state index contributed by atoms with van der Waals surface area (Å²) < 4.78 is 0.551. The van der Waals surface area contributed by atoms with Crippen LogP contribution in [0.5, 0.6) is 0 Å². The van der Waals surface area contributed by atoms with Crippen molar-refractivity contribution in [1.82, 2.24) is 0 Å². The van der Waals surface area contributed by atoms with E-state index in [4.69, 9.17) is 0 Å². The third-order valence-electron chi connectivity index (χ3n) is 2.55. The Labute approximate surface area is 76.1 Å². The Balaban J connectivity index is 3.51. The van der Waals surface area contributed by atoms with Crippen LogP contribution in [0.4, 0.5) is 0 Å². The summed E-state index contributed by atoms with van der Waals surface area (Å²) >= 11 is 2.02. The lowest BCUT2D eigenvalue weighted by Gasteiger charge is -2.25. The average molecular weight is 174 g/mol. The minimum Gasteiger partial charge on any atom is -0.159 e. The first-order chi connectivity index (χ1) is 5.18. The van der Waals surface area contributed by atoms with Crippen molar-refractivity contribution in [2.45, 2.75) is 57.6 Å². The molecule has 1 heteroatoms. The van der Waals surface area contributed by atoms with E-state index in [2.05, 4.69) is 27.0 Å². The summed E-state index contributed by atoms with van der Waals surface area (Å²) in [6, 6.07) is 0. The van der Waals surface area contributed by atoms with E-state index >= 15 is 0 Å². The number of thioether (sulfide) groups is 1. The molecule has 0 nitrogen and oxygen atoms in total. The molecule has 0 aliphatic heterocycles. The van der Waals surface area contributed by atoms with Crippen LogP contribution >= 0.6 is 11.8 Å². The molecule has 68 valence electrons. The summed E-state index contributed by atoms with van der Waals surface area (Å²) in [5.74, 6) is 0. The van der Waals surface area contributed by atoms with Crippen molar-refractivity contribution in [2.24, 2.45) is 0 Å². The van der Waals surface area contributed by atoms with E-state index in [1.165, 1.54) is 32.1 Å². The molecule has 0 radical (unpaired) electrons. The third kappa shape index (κ3) is 4.73. The molecule has 0 spiro atoms. The molecule has 0 aromatic carbocycles. The predicted octanol–water partition coefficient (Wildman–Crippen LogP) is 4.10. The molecule has 0 aliphatic carbocycles. The summed E-state index contributed by atoms with van der Waals surface area (Å²) in [5.41, 5.74) is 0. The number of hydrogen-bond donors (Lipinski definition) is 0. The number of hydrogen-bond acceptors (Lipinski definition) is 1. The summed E-state index contributed by atoms with van der Waals surface area (Å²) in [7, 11) is 0. The van der Waals surface area contributed by atoms with Gasteiger partial charge < -0.3 is 0 Å². The largest absolute Gasteiger partial charge is 0.159 e. The van der Waals surface area contributed by atoms with Gasteiger partial charge in [0, 0.05) is 4.75 Å². The van der Waals surface area contributed by atoms with Crippen LogP contribution in [0, 0.1) is 0 Å². The Bertz CT molecular complexity index is 84.9. The van der Waals surface area contributed by atoms with Gasteiger partial charge in [-0.1, -0.05) is 40.0 Å². The van der Waals surface area contributed by atoms with Crippen molar-refractivity contribution in [3.8, 4) is 0 Å². The van der Waals surface area contributed by atoms with Gasteiger partial charge in [-0.25, -0.2) is 0 Å². The molecule has 0 N–H and O–H groups in total. The van der Waals surface area contributed by atoms with Crippen LogP contribution in [0.25, 0.3) is 0 Å². The van der Waals surface area contributed by atoms with Crippen LogP contribution in [0.2, 0.25) is 0 Å². The number of unbranched alkanes of at least 4 members (excludes halogenated alkanes) is 2. The van der Waals surface area contributed by atoms with E-state index in [0.29, 0.717) is 4.75 Å². The van der Waals surface area contributed by atoms with Gasteiger partial charge in [0.2, 0.25) is 0 Å². The molecule has 0 bridgehead atoms. The summed E-state index contributed by atoms with van der Waals surface area (Å²) in [4.78, 5) is 0. The van der Waals surface area contributed by atoms with Gasteiger partial charge in [0.1, 0.15) is 0 Å². The number of rotatable bonds is 6. The Morgan fingerprint density at radius 2 is 1.82 bits per heavy atom. The Kier molecular flexibility index (Phi) is 6.12. The van der Waals surface area contributed by atoms with Gasteiger partial charge in [0.25, 0.3) is 0 Å². The van der Waals surface area contributed by atoms with Gasteiger partial charge in [-0.3, -0.25) is 0 Å². The van der Waals surface area contributed by atoms with Gasteiger partial charge in [-0.15, -0.1) is 0 Å². The van der Waals surface area contributed by atoms with Gasteiger partial charge in [-0.05, 0) is 19.1 Å². The fourth-order valence-corrected chi connectivity index (χ4v) is 1.81. The Hall–Kier alpha value is 0.350. The molecule has 0 heterocycles. The molecule has 1 atom stereocenters. The molecular formula is C10H22S. The van der Waals surface area contributed by atoms with Crippen LogP contribution in [-0.2, 0) is 0 Å². The van der Waals surface area contributed by atoms with E-state index in [9.17, 15) is 0 Å². The zero-order chi connectivity index (χ0) is 8.74. The van der Waals surface area contributed by atoms with E-state index < -0.39 is 0 Å². The molecular weight excluding hydrogens is 152 g/mol. The smallest absolute Gasteiger partial charge is 0.0126 e. The molecule has 1 unspecified atom stereocenters. The second-order valence-electron chi connectivity index (χ2n) is 3.46. The van der Waals surface area contributed by atoms with Crippen molar-refractivity contribution in [2.75, 3.05) is 6.26 Å². The Morgan fingerprint density at radius 1 is 1.18 bits per heavy atom. The van der Waals surface area contributed by atoms with Gasteiger partial charge in [0.05, 0.1) is 0 Å². The maximum Gasteiger partial charge on any atom is 0.0126 e. The first-order valence-corrected chi connectivity index (χ1v) is 5.96. The molecule has 0 aromatic heterocycles. The van der Waals surface area contributed by atoms with Crippen molar-refractivity contribution in [3.05, 3.63) is 0 Å². The highest BCUT2D eigenvalue weighted by molar-refractivity contribution is 7.99. The van der Waals surface area contributed by atoms with Crippen LogP contribution < -0.4 is 0 Å². The van der Waals surface area contributed by atoms with Gasteiger partial charge >= 0.3 is 0 Å². The minimum absolute atomic E-state index is 0.551. The molecule has 11 heavy (non-hydrogen) atoms. The van der Waals surface area contributed by atoms with E-state index in [1.807, 2.05) is 11.8 Å². The van der Waals surface area contributed by atoms with Crippen molar-refractivity contribution < 1.29 is 0 Å². The second kappa shape index (κ2) is 5.93. The standard InChI is InChI=1S/C10H22S/c1-5-7-8-9-10(3,6-2)11-4/h5-9H2,1-4H3. The highest BCUT2D eigenvalue weighted by atomic mass is 32.2. The SMILES string of the molecule is CCCCCC(C)(CC)SC. The quantitative estimate of drug-likeness (QED) is 0.546. The average Bonchev–Trinajstić information content (AvgIpc) is 2.05. The van der Waals surface area contributed by atoms with Crippen LogP contribution in [0.15, 0.2) is 0 Å². The van der Waals surface area contributed by atoms with E-state index in [-0.39, 0.29) is 0 Å². The van der Waals surface area contributed by atoms with Crippen LogP contribution in [-0.4, -0.2) is 11.0 Å². The fraction of sp³-hybridized carbons (Fsp3) is 1.00. The highest BCUT2D eigenvalue weighted by Gasteiger charge is 2.18. The first kappa shape index (κ1) is 11.4. The molecule has 0 amide bonds. The summed E-state index contributed by atoms with van der Waals surface area (Å²) in [5, 5.41) is 0. The van der Waals surface area contributed by atoms with Gasteiger partial charge in [-0.2, -0.15) is 11.8 Å². The lowest BCUT2D eigenvalue weighted by molar-refractivity contribution is 0.526. The predicted molar refractivity (Wildman–Crippen MR) is 56.4 cm³/mol. The normalized spacial score (nSPS) is 16.4. The van der Waals surface area contributed by atoms with Gasteiger partial charge in [0.15, 0.2) is 0 Å². The molecule has 0 aliphatic rings. The maximum absolute atomic E-state index is 2.38. The molecule has 0 aromatic rings. The second-order valence-corrected chi connectivity index (χ2v) is 4.86. The first-order valence-electron chi connectivity index (χ1n) is 4.73. The lowest BCUT2D eigenvalue weighted by atomic mass is 10.00. The monoisotopic (exact) mass is 174 g/mol. The van der Waals surface area contributed by atoms with Crippen LogP contribution in [0.3, 0.4) is 0 Å². The molecule has 0 saturated heterocycles. The van der Waals surface area contributed by atoms with Crippen LogP contribution in [0.1, 0.15) is 52.9 Å². The van der Waals surface area contributed by atoms with Crippen molar-refractivity contribution >= 4 is 11.8 Å². The summed E-state index contributed by atoms with van der Waals surface area (Å²) in [6.45, 7) is 6.94. The molecule has 0 saturated carbocycles. The third-order valence-corrected chi connectivity index (χ3v) is 4.03. The lowest BCUT2D eigenvalue weighted by Crippen LogP contribution is -2.17. The van der Waals surface area contributed by atoms with Crippen molar-refractivity contribution in [1.29, 1.82) is 0 Å². The zero-order valence-electron chi connectivity index (χ0n) is 8.44. The Morgan fingerprint density at radius 3 is 2.18 bits per heavy atom. The van der Waals surface area contributed by atoms with E-state index in [1.54, 1.807) is 0 Å². The molecule has 0 fully saturated rings. The fourth-order valence-electron chi connectivity index (χ4n) is 1.17. The summed E-state index contributed by atoms with van der Waals surface area (Å²) in [6.07, 6.45) is 9.07. The highest BCUT2D eigenvalue weighted by Crippen LogP contribution is 2.31. The molecule has 0 rings (SSSR count). The zero-order valence-corrected chi connectivity index (χ0v) is 9.26. The van der Waals surface area contributed by atoms with E-state index in [0.717, 1.165) is 0 Å². The maximum atomic E-state index is 2.38. The minimum atomic E-state index is 0.551. The topological polar surface area (TPSA) is 0 Å².